The Kier molecular flexibility index (Phi) is 6.09. The molecule has 0 unspecified atom stereocenters. The van der Waals surface area contributed by atoms with Crippen molar-refractivity contribution in [3.8, 4) is 0 Å². The molecule has 0 aliphatic heterocycles. The van der Waals surface area contributed by atoms with Gasteiger partial charge in [0.1, 0.15) is 0 Å². The van der Waals surface area contributed by atoms with Gasteiger partial charge in [-0.3, -0.25) is 4.79 Å². The van der Waals surface area contributed by atoms with Gasteiger partial charge in [-0.15, -0.1) is 10.2 Å². The van der Waals surface area contributed by atoms with E-state index in [0.717, 1.165) is 28.0 Å². The molecule has 1 aliphatic rings. The summed E-state index contributed by atoms with van der Waals surface area (Å²) in [6.45, 7) is 0. The van der Waals surface area contributed by atoms with Crippen molar-refractivity contribution in [1.82, 2.24) is 15.1 Å². The predicted molar refractivity (Wildman–Crippen MR) is 100 cm³/mol. The van der Waals surface area contributed by atoms with Crippen molar-refractivity contribution in [2.75, 3.05) is 18.1 Å². The van der Waals surface area contributed by atoms with Crippen LogP contribution in [0, 0.1) is 0 Å². The zero-order chi connectivity index (χ0) is 16.8. The maximum Gasteiger partial charge on any atom is 0.233 e. The number of rotatable bonds is 6. The number of hydrogen-bond donors (Lipinski definition) is 1. The molecule has 2 aromatic rings. The third kappa shape index (κ3) is 4.70. The lowest BCUT2D eigenvalue weighted by molar-refractivity contribution is -0.129. The van der Waals surface area contributed by atoms with Crippen LogP contribution in [0.2, 0.25) is 0 Å². The van der Waals surface area contributed by atoms with Gasteiger partial charge in [-0.05, 0) is 25.0 Å². The van der Waals surface area contributed by atoms with E-state index in [2.05, 4.69) is 15.5 Å². The van der Waals surface area contributed by atoms with Gasteiger partial charge in [0.05, 0.1) is 5.75 Å². The second kappa shape index (κ2) is 8.48. The minimum atomic E-state index is 0.180. The number of aromatic nitrogens is 2. The van der Waals surface area contributed by atoms with Crippen molar-refractivity contribution in [2.24, 2.45) is 0 Å². The normalized spacial score (nSPS) is 15.2. The van der Waals surface area contributed by atoms with E-state index in [0.29, 0.717) is 11.8 Å². The van der Waals surface area contributed by atoms with Gasteiger partial charge in [0.25, 0.3) is 0 Å². The first kappa shape index (κ1) is 17.2. The van der Waals surface area contributed by atoms with E-state index >= 15 is 0 Å². The molecule has 24 heavy (non-hydrogen) atoms. The van der Waals surface area contributed by atoms with Crippen molar-refractivity contribution >= 4 is 39.8 Å². The molecule has 5 nitrogen and oxygen atoms in total. The summed E-state index contributed by atoms with van der Waals surface area (Å²) in [6, 6.07) is 10.3. The van der Waals surface area contributed by atoms with E-state index in [-0.39, 0.29) is 5.91 Å². The summed E-state index contributed by atoms with van der Waals surface area (Å²) < 4.78 is 0.818. The summed E-state index contributed by atoms with van der Waals surface area (Å²) in [5, 5.41) is 12.3. The van der Waals surface area contributed by atoms with E-state index in [1.54, 1.807) is 0 Å². The lowest BCUT2D eigenvalue weighted by atomic mass is 9.94. The molecule has 3 rings (SSSR count). The molecule has 0 bridgehead atoms. The van der Waals surface area contributed by atoms with Gasteiger partial charge in [0, 0.05) is 18.8 Å². The van der Waals surface area contributed by atoms with Crippen LogP contribution in [-0.4, -0.2) is 39.8 Å². The number of nitrogens with one attached hydrogen (secondary N) is 1. The molecule has 0 spiro atoms. The largest absolute Gasteiger partial charge is 0.342 e. The van der Waals surface area contributed by atoms with E-state index in [9.17, 15) is 4.79 Å². The van der Waals surface area contributed by atoms with Crippen molar-refractivity contribution in [2.45, 2.75) is 42.5 Å². The van der Waals surface area contributed by atoms with E-state index in [4.69, 9.17) is 0 Å². The average Bonchev–Trinajstić information content (AvgIpc) is 3.08. The molecule has 1 saturated carbocycles. The number of thioether (sulfide) groups is 1. The Bertz CT molecular complexity index is 656. The maximum absolute atomic E-state index is 12.4. The lowest BCUT2D eigenvalue weighted by Gasteiger charge is -2.31. The minimum absolute atomic E-state index is 0.180. The number of hydrogen-bond acceptors (Lipinski definition) is 6. The van der Waals surface area contributed by atoms with Crippen molar-refractivity contribution in [3.05, 3.63) is 30.3 Å². The first-order valence-corrected chi connectivity index (χ1v) is 10.1. The number of nitrogens with zero attached hydrogens (tertiary/aromatic N) is 3. The SMILES string of the molecule is CN(C(=O)CSc1nnc(Nc2ccccc2)s1)C1CCCCC1. The minimum Gasteiger partial charge on any atom is -0.342 e. The van der Waals surface area contributed by atoms with E-state index in [1.165, 1.54) is 42.4 Å². The first-order valence-electron chi connectivity index (χ1n) is 8.26. The predicted octanol–water partition coefficient (Wildman–Crippen LogP) is 4.16. The molecule has 128 valence electrons. The van der Waals surface area contributed by atoms with Crippen molar-refractivity contribution in [3.63, 3.8) is 0 Å². The van der Waals surface area contributed by atoms with Crippen LogP contribution in [0.5, 0.6) is 0 Å². The van der Waals surface area contributed by atoms with Gasteiger partial charge >= 0.3 is 0 Å². The molecule has 0 radical (unpaired) electrons. The number of anilines is 2. The molecule has 1 aliphatic carbocycles. The van der Waals surface area contributed by atoms with Crippen LogP contribution in [0.1, 0.15) is 32.1 Å². The topological polar surface area (TPSA) is 58.1 Å². The second-order valence-corrected chi connectivity index (χ2v) is 8.15. The number of para-hydroxylation sites is 1. The Labute approximate surface area is 150 Å². The molecule has 7 heteroatoms. The monoisotopic (exact) mass is 362 g/mol. The molecule has 1 aromatic heterocycles. The zero-order valence-electron chi connectivity index (χ0n) is 13.8. The van der Waals surface area contributed by atoms with Gasteiger partial charge in [-0.1, -0.05) is 60.6 Å². The zero-order valence-corrected chi connectivity index (χ0v) is 15.4. The number of amides is 1. The van der Waals surface area contributed by atoms with Gasteiger partial charge in [0.15, 0.2) is 4.34 Å². The van der Waals surface area contributed by atoms with Crippen LogP contribution in [0.4, 0.5) is 10.8 Å². The molecule has 1 N–H and O–H groups in total. The van der Waals surface area contributed by atoms with E-state index < -0.39 is 0 Å². The fourth-order valence-corrected chi connectivity index (χ4v) is 4.56. The highest BCUT2D eigenvalue weighted by atomic mass is 32.2. The Morgan fingerprint density at radius 1 is 1.25 bits per heavy atom. The summed E-state index contributed by atoms with van der Waals surface area (Å²) in [5.74, 6) is 0.604. The molecule has 1 amide bonds. The summed E-state index contributed by atoms with van der Waals surface area (Å²) in [6.07, 6.45) is 6.05. The Morgan fingerprint density at radius 3 is 2.75 bits per heavy atom. The van der Waals surface area contributed by atoms with Crippen molar-refractivity contribution in [1.29, 1.82) is 0 Å². The van der Waals surface area contributed by atoms with Gasteiger partial charge < -0.3 is 10.2 Å². The molecule has 0 saturated heterocycles. The Balaban J connectivity index is 1.48. The average molecular weight is 363 g/mol. The van der Waals surface area contributed by atoms with Crippen LogP contribution in [0.3, 0.4) is 0 Å². The highest BCUT2D eigenvalue weighted by Gasteiger charge is 2.22. The second-order valence-electron chi connectivity index (χ2n) is 5.95. The summed E-state index contributed by atoms with van der Waals surface area (Å²) in [5.41, 5.74) is 0.985. The van der Waals surface area contributed by atoms with Crippen molar-refractivity contribution < 1.29 is 4.79 Å². The molecular formula is C17H22N4OS2. The third-order valence-electron chi connectivity index (χ3n) is 4.27. The van der Waals surface area contributed by atoms with Crippen LogP contribution in [0.25, 0.3) is 0 Å². The maximum atomic E-state index is 12.4. The molecule has 0 atom stereocenters. The number of benzene rings is 1. The quantitative estimate of drug-likeness (QED) is 0.782. The third-order valence-corrected chi connectivity index (χ3v) is 6.22. The molecule has 1 heterocycles. The number of carbonyl (C=O) groups excluding carboxylic acids is 1. The van der Waals surface area contributed by atoms with Gasteiger partial charge in [0.2, 0.25) is 11.0 Å². The fourth-order valence-electron chi connectivity index (χ4n) is 2.86. The first-order chi connectivity index (χ1) is 11.7. The van der Waals surface area contributed by atoms with E-state index in [1.807, 2.05) is 42.3 Å². The highest BCUT2D eigenvalue weighted by molar-refractivity contribution is 8.01. The smallest absolute Gasteiger partial charge is 0.233 e. The molecular weight excluding hydrogens is 340 g/mol. The summed E-state index contributed by atoms with van der Waals surface area (Å²) in [7, 11) is 1.93. The van der Waals surface area contributed by atoms with Gasteiger partial charge in [-0.2, -0.15) is 0 Å². The fraction of sp³-hybridized carbons (Fsp3) is 0.471. The van der Waals surface area contributed by atoms with Crippen LogP contribution in [-0.2, 0) is 4.79 Å². The summed E-state index contributed by atoms with van der Waals surface area (Å²) >= 11 is 2.94. The van der Waals surface area contributed by atoms with Crippen LogP contribution >= 0.6 is 23.1 Å². The summed E-state index contributed by atoms with van der Waals surface area (Å²) in [4.78, 5) is 14.3. The molecule has 1 fully saturated rings. The highest BCUT2D eigenvalue weighted by Crippen LogP contribution is 2.28. The lowest BCUT2D eigenvalue weighted by Crippen LogP contribution is -2.39. The number of carbonyl (C=O) groups is 1. The van der Waals surface area contributed by atoms with Crippen LogP contribution < -0.4 is 5.32 Å². The van der Waals surface area contributed by atoms with Crippen LogP contribution in [0.15, 0.2) is 34.7 Å². The Morgan fingerprint density at radius 2 is 2.00 bits per heavy atom. The molecule has 1 aromatic carbocycles. The Hall–Kier alpha value is -1.60. The standard InChI is InChI=1S/C17H22N4OS2/c1-21(14-10-6-3-7-11-14)15(22)12-23-17-20-19-16(24-17)18-13-8-4-2-5-9-13/h2,4-5,8-9,14H,3,6-7,10-12H2,1H3,(H,18,19). The van der Waals surface area contributed by atoms with Gasteiger partial charge in [-0.25, -0.2) is 0 Å².